The molecule has 0 aliphatic carbocycles. The van der Waals surface area contributed by atoms with Crippen LogP contribution in [0.25, 0.3) is 0 Å². The van der Waals surface area contributed by atoms with E-state index in [0.29, 0.717) is 18.6 Å². The lowest BCUT2D eigenvalue weighted by atomic mass is 10.0. The van der Waals surface area contributed by atoms with Crippen LogP contribution >= 0.6 is 11.8 Å². The van der Waals surface area contributed by atoms with Crippen molar-refractivity contribution in [3.8, 4) is 0 Å². The maximum atomic E-state index is 12.2. The minimum atomic E-state index is -0.845. The molecule has 24 heavy (non-hydrogen) atoms. The highest BCUT2D eigenvalue weighted by molar-refractivity contribution is 8.00. The third-order valence-corrected chi connectivity index (χ3v) is 5.09. The fourth-order valence-electron chi connectivity index (χ4n) is 2.41. The Labute approximate surface area is 147 Å². The molecule has 3 N–H and O–H groups in total. The number of thioether (sulfide) groups is 1. The standard InChI is InChI=1S/C16H28N2O5S/c1-9(13-18-12(8-24-13)14(20)21)6-7-11(17-10(2)19)15(22)23-16(3,4)5/h9,11-13,18H,6-8H2,1-5H3,(H,17,19)(H,20,21)/t9-,11-,12?,13?/m0/s1. The van der Waals surface area contributed by atoms with E-state index < -0.39 is 29.6 Å². The predicted octanol–water partition coefficient (Wildman–Crippen LogP) is 1.36. The van der Waals surface area contributed by atoms with Crippen LogP contribution in [0.1, 0.15) is 47.5 Å². The van der Waals surface area contributed by atoms with Gasteiger partial charge in [-0.15, -0.1) is 11.8 Å². The third-order valence-electron chi connectivity index (χ3n) is 3.60. The highest BCUT2D eigenvalue weighted by Crippen LogP contribution is 2.28. The summed E-state index contributed by atoms with van der Waals surface area (Å²) >= 11 is 1.58. The van der Waals surface area contributed by atoms with Gasteiger partial charge in [0.2, 0.25) is 5.91 Å². The molecule has 0 aromatic heterocycles. The van der Waals surface area contributed by atoms with Crippen LogP contribution in [0, 0.1) is 5.92 Å². The fraction of sp³-hybridized carbons (Fsp3) is 0.812. The average Bonchev–Trinajstić information content (AvgIpc) is 2.90. The number of esters is 1. The molecule has 0 radical (unpaired) electrons. The van der Waals surface area contributed by atoms with Gasteiger partial charge < -0.3 is 15.2 Å². The Hall–Kier alpha value is -1.28. The van der Waals surface area contributed by atoms with Gasteiger partial charge in [-0.1, -0.05) is 6.92 Å². The van der Waals surface area contributed by atoms with Gasteiger partial charge in [0.25, 0.3) is 0 Å². The van der Waals surface area contributed by atoms with Crippen LogP contribution in [-0.2, 0) is 19.1 Å². The number of nitrogens with one attached hydrogen (secondary N) is 2. The van der Waals surface area contributed by atoms with Gasteiger partial charge in [0.1, 0.15) is 17.7 Å². The van der Waals surface area contributed by atoms with Gasteiger partial charge in [0.15, 0.2) is 0 Å². The number of aliphatic carboxylic acids is 1. The summed E-state index contributed by atoms with van der Waals surface area (Å²) in [4.78, 5) is 34.6. The van der Waals surface area contributed by atoms with Crippen LogP contribution in [0.5, 0.6) is 0 Å². The van der Waals surface area contributed by atoms with Crippen molar-refractivity contribution in [2.75, 3.05) is 5.75 Å². The van der Waals surface area contributed by atoms with Gasteiger partial charge in [-0.3, -0.25) is 14.9 Å². The Balaban J connectivity index is 2.56. The lowest BCUT2D eigenvalue weighted by molar-refractivity contribution is -0.158. The van der Waals surface area contributed by atoms with E-state index in [1.165, 1.54) is 6.92 Å². The zero-order chi connectivity index (χ0) is 18.5. The van der Waals surface area contributed by atoms with Gasteiger partial charge in [0.05, 0.1) is 5.37 Å². The quantitative estimate of drug-likeness (QED) is 0.589. The van der Waals surface area contributed by atoms with Crippen molar-refractivity contribution in [2.24, 2.45) is 5.92 Å². The van der Waals surface area contributed by atoms with E-state index in [1.807, 2.05) is 6.92 Å². The largest absolute Gasteiger partial charge is 0.480 e. The normalized spacial score (nSPS) is 23.4. The van der Waals surface area contributed by atoms with Crippen molar-refractivity contribution in [3.63, 3.8) is 0 Å². The molecule has 0 spiro atoms. The first kappa shape index (κ1) is 20.8. The number of carboxylic acid groups (broad SMARTS) is 1. The molecular weight excluding hydrogens is 332 g/mol. The van der Waals surface area contributed by atoms with Crippen LogP contribution in [0.2, 0.25) is 0 Å². The number of hydrogen-bond donors (Lipinski definition) is 3. The van der Waals surface area contributed by atoms with Crippen LogP contribution in [0.3, 0.4) is 0 Å². The Morgan fingerprint density at radius 1 is 1.33 bits per heavy atom. The maximum Gasteiger partial charge on any atom is 0.329 e. The van der Waals surface area contributed by atoms with E-state index in [-0.39, 0.29) is 17.2 Å². The van der Waals surface area contributed by atoms with Crippen LogP contribution in [-0.4, -0.2) is 51.8 Å². The SMILES string of the molecule is CC(=O)N[C@@H](CC[C@H](C)C1NC(C(=O)O)CS1)C(=O)OC(C)(C)C. The highest BCUT2D eigenvalue weighted by atomic mass is 32.2. The number of amides is 1. The molecule has 1 aliphatic rings. The molecule has 8 heteroatoms. The zero-order valence-corrected chi connectivity index (χ0v) is 15.7. The lowest BCUT2D eigenvalue weighted by Crippen LogP contribution is -2.44. The van der Waals surface area contributed by atoms with Crippen molar-refractivity contribution < 1.29 is 24.2 Å². The first-order valence-electron chi connectivity index (χ1n) is 8.10. The van der Waals surface area contributed by atoms with Gasteiger partial charge in [-0.05, 0) is 39.5 Å². The minimum Gasteiger partial charge on any atom is -0.480 e. The second-order valence-electron chi connectivity index (χ2n) is 7.15. The molecule has 0 aromatic rings. The molecular formula is C16H28N2O5S. The Bertz CT molecular complexity index is 478. The Kier molecular flexibility index (Phi) is 7.54. The summed E-state index contributed by atoms with van der Waals surface area (Å²) in [5, 5.41) is 14.8. The molecule has 138 valence electrons. The first-order valence-corrected chi connectivity index (χ1v) is 9.15. The molecule has 1 aliphatic heterocycles. The van der Waals surface area contributed by atoms with E-state index in [2.05, 4.69) is 10.6 Å². The molecule has 0 saturated carbocycles. The van der Waals surface area contributed by atoms with Crippen molar-refractivity contribution in [1.82, 2.24) is 10.6 Å². The van der Waals surface area contributed by atoms with Crippen molar-refractivity contribution in [3.05, 3.63) is 0 Å². The fourth-order valence-corrected chi connectivity index (χ4v) is 3.78. The Morgan fingerprint density at radius 2 is 1.96 bits per heavy atom. The van der Waals surface area contributed by atoms with Crippen LogP contribution < -0.4 is 10.6 Å². The van der Waals surface area contributed by atoms with Gasteiger partial charge in [-0.25, -0.2) is 4.79 Å². The van der Waals surface area contributed by atoms with E-state index in [1.54, 1.807) is 32.5 Å². The molecule has 0 bridgehead atoms. The molecule has 1 heterocycles. The predicted molar refractivity (Wildman–Crippen MR) is 92.7 cm³/mol. The van der Waals surface area contributed by atoms with Gasteiger partial charge in [0, 0.05) is 12.7 Å². The lowest BCUT2D eigenvalue weighted by Gasteiger charge is -2.26. The van der Waals surface area contributed by atoms with E-state index in [9.17, 15) is 14.4 Å². The number of carbonyl (C=O) groups is 3. The van der Waals surface area contributed by atoms with Crippen LogP contribution in [0.4, 0.5) is 0 Å². The van der Waals surface area contributed by atoms with Gasteiger partial charge >= 0.3 is 11.9 Å². The molecule has 1 saturated heterocycles. The highest BCUT2D eigenvalue weighted by Gasteiger charge is 2.33. The number of rotatable bonds is 7. The van der Waals surface area contributed by atoms with E-state index >= 15 is 0 Å². The summed E-state index contributed by atoms with van der Waals surface area (Å²) in [5.41, 5.74) is -0.614. The summed E-state index contributed by atoms with van der Waals surface area (Å²) in [7, 11) is 0. The molecule has 1 fully saturated rings. The summed E-state index contributed by atoms with van der Waals surface area (Å²) in [6.45, 7) is 8.72. The van der Waals surface area contributed by atoms with Crippen molar-refractivity contribution in [1.29, 1.82) is 0 Å². The molecule has 4 atom stereocenters. The molecule has 1 amide bonds. The summed E-state index contributed by atoms with van der Waals surface area (Å²) in [5.74, 6) is -0.871. The minimum absolute atomic E-state index is 0.0303. The average molecular weight is 360 g/mol. The summed E-state index contributed by atoms with van der Waals surface area (Å²) < 4.78 is 5.35. The topological polar surface area (TPSA) is 105 Å². The molecule has 2 unspecified atom stereocenters. The number of hydrogen-bond acceptors (Lipinski definition) is 6. The smallest absolute Gasteiger partial charge is 0.329 e. The monoisotopic (exact) mass is 360 g/mol. The van der Waals surface area contributed by atoms with Crippen molar-refractivity contribution >= 4 is 29.6 Å². The second-order valence-corrected chi connectivity index (χ2v) is 8.33. The number of carbonyl (C=O) groups excluding carboxylic acids is 2. The summed E-state index contributed by atoms with van der Waals surface area (Å²) in [6.07, 6.45) is 1.12. The van der Waals surface area contributed by atoms with E-state index in [4.69, 9.17) is 9.84 Å². The third kappa shape index (κ3) is 7.09. The first-order chi connectivity index (χ1) is 11.0. The Morgan fingerprint density at radius 3 is 2.42 bits per heavy atom. The van der Waals surface area contributed by atoms with Gasteiger partial charge in [-0.2, -0.15) is 0 Å². The van der Waals surface area contributed by atoms with Crippen molar-refractivity contribution in [2.45, 2.75) is 70.5 Å². The summed E-state index contributed by atoms with van der Waals surface area (Å²) in [6, 6.07) is -1.22. The van der Waals surface area contributed by atoms with Crippen LogP contribution in [0.15, 0.2) is 0 Å². The van der Waals surface area contributed by atoms with E-state index in [0.717, 1.165) is 0 Å². The molecule has 0 aromatic carbocycles. The maximum absolute atomic E-state index is 12.2. The molecule has 7 nitrogen and oxygen atoms in total. The number of carboxylic acids is 1. The molecule has 1 rings (SSSR count). The zero-order valence-electron chi connectivity index (χ0n) is 14.9. The number of ether oxygens (including phenoxy) is 1. The second kappa shape index (κ2) is 8.71.